The van der Waals surface area contributed by atoms with Crippen LogP contribution in [0.3, 0.4) is 0 Å². The van der Waals surface area contributed by atoms with Gasteiger partial charge in [0.15, 0.2) is 0 Å². The van der Waals surface area contributed by atoms with Crippen molar-refractivity contribution in [3.8, 4) is 5.75 Å². The van der Waals surface area contributed by atoms with Crippen molar-refractivity contribution in [3.05, 3.63) is 27.2 Å². The number of hydrogen-bond acceptors (Lipinski definition) is 2. The number of nitrogens with two attached hydrogens (primary N) is 1. The summed E-state index contributed by atoms with van der Waals surface area (Å²) in [6.07, 6.45) is 2.02. The molecule has 1 aromatic rings. The third-order valence-electron chi connectivity index (χ3n) is 2.70. The van der Waals surface area contributed by atoms with E-state index in [0.29, 0.717) is 10.9 Å². The van der Waals surface area contributed by atoms with Crippen molar-refractivity contribution in [2.24, 2.45) is 11.7 Å². The monoisotopic (exact) mass is 319 g/mol. The van der Waals surface area contributed by atoms with E-state index in [1.165, 1.54) is 0 Å². The Hall–Kier alpha value is -0.250. The third-order valence-corrected chi connectivity index (χ3v) is 3.50. The van der Waals surface area contributed by atoms with Crippen LogP contribution in [0.5, 0.6) is 5.75 Å². The number of hydrogen-bond donors (Lipinski definition) is 1. The van der Waals surface area contributed by atoms with Crippen molar-refractivity contribution in [3.63, 3.8) is 0 Å². The number of methoxy groups -OCH3 is 1. The fourth-order valence-electron chi connectivity index (χ4n) is 1.74. The van der Waals surface area contributed by atoms with Crippen molar-refractivity contribution < 1.29 is 4.74 Å². The predicted octanol–water partition coefficient (Wildman–Crippen LogP) is 4.55. The standard InChI is InChI=1S/C13H19BrClNO/c1-8(2)4-5-12(16)10-6-9(15)7-11(14)13(10)17-3/h6-8,12H,4-5,16H2,1-3H3. The van der Waals surface area contributed by atoms with Crippen LogP contribution < -0.4 is 10.5 Å². The van der Waals surface area contributed by atoms with Crippen LogP contribution in [0.1, 0.15) is 38.3 Å². The first kappa shape index (κ1) is 14.8. The van der Waals surface area contributed by atoms with Gasteiger partial charge in [-0.15, -0.1) is 0 Å². The normalized spacial score (nSPS) is 12.9. The van der Waals surface area contributed by atoms with Crippen LogP contribution in [-0.4, -0.2) is 7.11 Å². The van der Waals surface area contributed by atoms with Gasteiger partial charge < -0.3 is 10.5 Å². The van der Waals surface area contributed by atoms with Gasteiger partial charge in [-0.2, -0.15) is 0 Å². The Morgan fingerprint density at radius 2 is 2.00 bits per heavy atom. The average molecular weight is 321 g/mol. The van der Waals surface area contributed by atoms with E-state index in [4.69, 9.17) is 22.1 Å². The molecular weight excluding hydrogens is 302 g/mol. The zero-order chi connectivity index (χ0) is 13.0. The summed E-state index contributed by atoms with van der Waals surface area (Å²) in [6, 6.07) is 3.66. The molecule has 4 heteroatoms. The van der Waals surface area contributed by atoms with E-state index in [1.807, 2.05) is 12.1 Å². The van der Waals surface area contributed by atoms with E-state index >= 15 is 0 Å². The third kappa shape index (κ3) is 4.16. The largest absolute Gasteiger partial charge is 0.495 e. The lowest BCUT2D eigenvalue weighted by atomic mass is 9.98. The second kappa shape index (κ2) is 6.62. The van der Waals surface area contributed by atoms with Crippen molar-refractivity contribution in [1.29, 1.82) is 0 Å². The van der Waals surface area contributed by atoms with Crippen molar-refractivity contribution in [2.45, 2.75) is 32.7 Å². The van der Waals surface area contributed by atoms with E-state index in [-0.39, 0.29) is 6.04 Å². The molecule has 0 aliphatic carbocycles. The highest BCUT2D eigenvalue weighted by atomic mass is 79.9. The van der Waals surface area contributed by atoms with Crippen LogP contribution in [0.25, 0.3) is 0 Å². The first-order chi connectivity index (χ1) is 7.95. The van der Waals surface area contributed by atoms with Gasteiger partial charge in [-0.3, -0.25) is 0 Å². The molecule has 0 spiro atoms. The zero-order valence-electron chi connectivity index (χ0n) is 10.5. The molecule has 17 heavy (non-hydrogen) atoms. The molecule has 1 unspecified atom stereocenters. The van der Waals surface area contributed by atoms with E-state index in [9.17, 15) is 0 Å². The van der Waals surface area contributed by atoms with Crippen molar-refractivity contribution >= 4 is 27.5 Å². The van der Waals surface area contributed by atoms with E-state index in [0.717, 1.165) is 28.6 Å². The maximum absolute atomic E-state index is 6.20. The lowest BCUT2D eigenvalue weighted by Crippen LogP contribution is -2.12. The number of rotatable bonds is 5. The quantitative estimate of drug-likeness (QED) is 0.864. The minimum absolute atomic E-state index is 0.0395. The number of ether oxygens (including phenoxy) is 1. The van der Waals surface area contributed by atoms with Crippen LogP contribution in [0.15, 0.2) is 16.6 Å². The predicted molar refractivity (Wildman–Crippen MR) is 76.7 cm³/mol. The van der Waals surface area contributed by atoms with E-state index < -0.39 is 0 Å². The lowest BCUT2D eigenvalue weighted by molar-refractivity contribution is 0.398. The summed E-state index contributed by atoms with van der Waals surface area (Å²) < 4.78 is 6.22. The Morgan fingerprint density at radius 3 is 2.53 bits per heavy atom. The first-order valence-corrected chi connectivity index (χ1v) is 6.91. The molecule has 0 fully saturated rings. The molecule has 1 rings (SSSR count). The Bertz CT molecular complexity index is 382. The van der Waals surface area contributed by atoms with Crippen LogP contribution in [0.4, 0.5) is 0 Å². The summed E-state index contributed by atoms with van der Waals surface area (Å²) in [5.74, 6) is 1.43. The molecule has 0 aromatic heterocycles. The minimum atomic E-state index is -0.0395. The summed E-state index contributed by atoms with van der Waals surface area (Å²) in [5, 5.41) is 0.674. The second-order valence-electron chi connectivity index (χ2n) is 4.59. The molecule has 0 amide bonds. The van der Waals surface area contributed by atoms with Gasteiger partial charge >= 0.3 is 0 Å². The fraction of sp³-hybridized carbons (Fsp3) is 0.538. The number of benzene rings is 1. The molecule has 0 saturated heterocycles. The van der Waals surface area contributed by atoms with Crippen LogP contribution in [0, 0.1) is 5.92 Å². The zero-order valence-corrected chi connectivity index (χ0v) is 12.8. The summed E-state index contributed by atoms with van der Waals surface area (Å²) in [7, 11) is 1.65. The Labute approximate surface area is 117 Å². The smallest absolute Gasteiger partial charge is 0.137 e. The number of halogens is 2. The fourth-order valence-corrected chi connectivity index (χ4v) is 2.74. The Balaban J connectivity index is 2.95. The van der Waals surface area contributed by atoms with Gasteiger partial charge in [-0.1, -0.05) is 25.4 Å². The minimum Gasteiger partial charge on any atom is -0.495 e. The van der Waals surface area contributed by atoms with Crippen LogP contribution >= 0.6 is 27.5 Å². The van der Waals surface area contributed by atoms with Crippen molar-refractivity contribution in [2.75, 3.05) is 7.11 Å². The summed E-state index contributed by atoms with van der Waals surface area (Å²) >= 11 is 9.49. The molecule has 2 N–H and O–H groups in total. The van der Waals surface area contributed by atoms with E-state index in [1.54, 1.807) is 7.11 Å². The molecular formula is C13H19BrClNO. The second-order valence-corrected chi connectivity index (χ2v) is 5.88. The Kier molecular flexibility index (Phi) is 5.77. The summed E-state index contributed by atoms with van der Waals surface area (Å²) in [6.45, 7) is 4.38. The van der Waals surface area contributed by atoms with Gasteiger partial charge in [0, 0.05) is 16.6 Å². The summed E-state index contributed by atoms with van der Waals surface area (Å²) in [4.78, 5) is 0. The maximum atomic E-state index is 6.20. The van der Waals surface area contributed by atoms with Gasteiger partial charge in [0.25, 0.3) is 0 Å². The molecule has 2 nitrogen and oxygen atoms in total. The average Bonchev–Trinajstić information content (AvgIpc) is 2.24. The molecule has 1 atom stereocenters. The van der Waals surface area contributed by atoms with Gasteiger partial charge in [0.05, 0.1) is 11.6 Å². The van der Waals surface area contributed by atoms with Crippen LogP contribution in [0.2, 0.25) is 5.02 Å². The highest BCUT2D eigenvalue weighted by Crippen LogP contribution is 2.36. The summed E-state index contributed by atoms with van der Waals surface area (Å²) in [5.41, 5.74) is 7.16. The first-order valence-electron chi connectivity index (χ1n) is 5.74. The molecule has 0 radical (unpaired) electrons. The van der Waals surface area contributed by atoms with Gasteiger partial charge in [0.1, 0.15) is 5.75 Å². The molecule has 0 heterocycles. The highest BCUT2D eigenvalue weighted by molar-refractivity contribution is 9.10. The Morgan fingerprint density at radius 1 is 1.35 bits per heavy atom. The SMILES string of the molecule is COc1c(Br)cc(Cl)cc1C(N)CCC(C)C. The maximum Gasteiger partial charge on any atom is 0.137 e. The van der Waals surface area contributed by atoms with Crippen molar-refractivity contribution in [1.82, 2.24) is 0 Å². The van der Waals surface area contributed by atoms with Gasteiger partial charge in [0.2, 0.25) is 0 Å². The molecule has 0 aliphatic heterocycles. The highest BCUT2D eigenvalue weighted by Gasteiger charge is 2.16. The topological polar surface area (TPSA) is 35.2 Å². The molecule has 1 aromatic carbocycles. The van der Waals surface area contributed by atoms with Gasteiger partial charge in [-0.25, -0.2) is 0 Å². The molecule has 0 bridgehead atoms. The van der Waals surface area contributed by atoms with Gasteiger partial charge in [-0.05, 0) is 46.8 Å². The molecule has 0 saturated carbocycles. The lowest BCUT2D eigenvalue weighted by Gasteiger charge is -2.18. The van der Waals surface area contributed by atoms with Crippen LogP contribution in [-0.2, 0) is 0 Å². The molecule has 96 valence electrons. The van der Waals surface area contributed by atoms with E-state index in [2.05, 4.69) is 29.8 Å². The molecule has 0 aliphatic rings.